The van der Waals surface area contributed by atoms with Crippen molar-refractivity contribution < 1.29 is 14.0 Å². The van der Waals surface area contributed by atoms with Crippen LogP contribution in [-0.4, -0.2) is 47.6 Å². The molecule has 0 bridgehead atoms. The standard InChI is InChI=1S/C15H19N3O3S/c1-2-12(22-9-1)14-16-13(21-17-14)10-18-5-3-11(4-6-18)15-19-7-8-20-15/h1-2,9,11,15H,3-8,10H2. The number of likely N-dealkylation sites (tertiary alicyclic amines) is 1. The molecule has 22 heavy (non-hydrogen) atoms. The predicted molar refractivity (Wildman–Crippen MR) is 81.3 cm³/mol. The molecule has 2 aromatic heterocycles. The zero-order valence-electron chi connectivity index (χ0n) is 12.3. The van der Waals surface area contributed by atoms with E-state index in [0.717, 1.165) is 50.6 Å². The van der Waals surface area contributed by atoms with E-state index in [1.165, 1.54) is 0 Å². The van der Waals surface area contributed by atoms with Crippen molar-refractivity contribution in [3.05, 3.63) is 23.4 Å². The third kappa shape index (κ3) is 3.08. The number of hydrogen-bond donors (Lipinski definition) is 0. The quantitative estimate of drug-likeness (QED) is 0.862. The molecular formula is C15H19N3O3S. The largest absolute Gasteiger partial charge is 0.350 e. The number of thiophene rings is 1. The molecule has 0 spiro atoms. The number of nitrogens with zero attached hydrogens (tertiary/aromatic N) is 3. The summed E-state index contributed by atoms with van der Waals surface area (Å²) in [4.78, 5) is 7.89. The van der Waals surface area contributed by atoms with Gasteiger partial charge in [-0.15, -0.1) is 11.3 Å². The van der Waals surface area contributed by atoms with Gasteiger partial charge in [-0.2, -0.15) is 4.98 Å². The van der Waals surface area contributed by atoms with Crippen LogP contribution in [0.5, 0.6) is 0 Å². The van der Waals surface area contributed by atoms with E-state index in [2.05, 4.69) is 15.0 Å². The Balaban J connectivity index is 1.31. The highest BCUT2D eigenvalue weighted by molar-refractivity contribution is 7.13. The fourth-order valence-corrected chi connectivity index (χ4v) is 3.70. The Morgan fingerprint density at radius 1 is 1.23 bits per heavy atom. The van der Waals surface area contributed by atoms with Crippen LogP contribution in [0.25, 0.3) is 10.7 Å². The highest BCUT2D eigenvalue weighted by atomic mass is 32.1. The Labute approximate surface area is 133 Å². The van der Waals surface area contributed by atoms with Gasteiger partial charge in [-0.25, -0.2) is 0 Å². The maximum Gasteiger partial charge on any atom is 0.241 e. The monoisotopic (exact) mass is 321 g/mol. The lowest BCUT2D eigenvalue weighted by atomic mass is 9.96. The minimum absolute atomic E-state index is 0.0102. The topological polar surface area (TPSA) is 60.6 Å². The second kappa shape index (κ2) is 6.45. The summed E-state index contributed by atoms with van der Waals surface area (Å²) in [6.07, 6.45) is 2.20. The lowest BCUT2D eigenvalue weighted by Crippen LogP contribution is -2.37. The van der Waals surface area contributed by atoms with E-state index in [4.69, 9.17) is 14.0 Å². The Hall–Kier alpha value is -1.28. The lowest BCUT2D eigenvalue weighted by molar-refractivity contribution is -0.0981. The van der Waals surface area contributed by atoms with Crippen LogP contribution in [0.3, 0.4) is 0 Å². The summed E-state index contributed by atoms with van der Waals surface area (Å²) in [5, 5.41) is 6.08. The van der Waals surface area contributed by atoms with Gasteiger partial charge in [-0.05, 0) is 37.4 Å². The van der Waals surface area contributed by atoms with E-state index in [1.807, 2.05) is 17.5 Å². The Kier molecular flexibility index (Phi) is 4.20. The first-order valence-corrected chi connectivity index (χ1v) is 8.58. The second-order valence-electron chi connectivity index (χ2n) is 5.71. The molecule has 0 atom stereocenters. The van der Waals surface area contributed by atoms with E-state index in [1.54, 1.807) is 11.3 Å². The van der Waals surface area contributed by atoms with Gasteiger partial charge in [-0.3, -0.25) is 4.90 Å². The van der Waals surface area contributed by atoms with Crippen molar-refractivity contribution in [1.82, 2.24) is 15.0 Å². The first-order chi connectivity index (χ1) is 10.9. The summed E-state index contributed by atoms with van der Waals surface area (Å²) in [5.41, 5.74) is 0. The van der Waals surface area contributed by atoms with Crippen LogP contribution in [0, 0.1) is 5.92 Å². The zero-order chi connectivity index (χ0) is 14.8. The van der Waals surface area contributed by atoms with E-state index in [-0.39, 0.29) is 6.29 Å². The van der Waals surface area contributed by atoms with Crippen molar-refractivity contribution in [2.24, 2.45) is 5.92 Å². The molecule has 2 aliphatic heterocycles. The lowest BCUT2D eigenvalue weighted by Gasteiger charge is -2.32. The molecule has 0 N–H and O–H groups in total. The van der Waals surface area contributed by atoms with Gasteiger partial charge < -0.3 is 14.0 Å². The van der Waals surface area contributed by atoms with Crippen molar-refractivity contribution in [3.63, 3.8) is 0 Å². The van der Waals surface area contributed by atoms with Gasteiger partial charge in [0.2, 0.25) is 11.7 Å². The fourth-order valence-electron chi connectivity index (χ4n) is 3.05. The van der Waals surface area contributed by atoms with Crippen LogP contribution < -0.4 is 0 Å². The van der Waals surface area contributed by atoms with Gasteiger partial charge in [0, 0.05) is 5.92 Å². The average Bonchev–Trinajstić information content (AvgIpc) is 3.30. The molecular weight excluding hydrogens is 302 g/mol. The summed E-state index contributed by atoms with van der Waals surface area (Å²) in [6.45, 7) is 4.23. The van der Waals surface area contributed by atoms with Crippen molar-refractivity contribution in [1.29, 1.82) is 0 Å². The van der Waals surface area contributed by atoms with Crippen LogP contribution in [-0.2, 0) is 16.0 Å². The number of ether oxygens (including phenoxy) is 2. The van der Waals surface area contributed by atoms with Gasteiger partial charge in [0.1, 0.15) is 0 Å². The van der Waals surface area contributed by atoms with Crippen LogP contribution >= 0.6 is 11.3 Å². The number of rotatable bonds is 4. The van der Waals surface area contributed by atoms with E-state index in [9.17, 15) is 0 Å². The molecule has 7 heteroatoms. The Morgan fingerprint density at radius 3 is 2.77 bits per heavy atom. The van der Waals surface area contributed by atoms with E-state index in [0.29, 0.717) is 17.6 Å². The third-order valence-corrected chi connectivity index (χ3v) is 5.10. The summed E-state index contributed by atoms with van der Waals surface area (Å²) in [6, 6.07) is 4.00. The molecule has 4 rings (SSSR count). The second-order valence-corrected chi connectivity index (χ2v) is 6.66. The molecule has 0 saturated carbocycles. The molecule has 0 radical (unpaired) electrons. The van der Waals surface area contributed by atoms with Crippen LogP contribution in [0.4, 0.5) is 0 Å². The number of aromatic nitrogens is 2. The summed E-state index contributed by atoms with van der Waals surface area (Å²) >= 11 is 1.62. The molecule has 0 aromatic carbocycles. The molecule has 0 amide bonds. The van der Waals surface area contributed by atoms with E-state index < -0.39 is 0 Å². The summed E-state index contributed by atoms with van der Waals surface area (Å²) in [7, 11) is 0. The molecule has 0 aliphatic carbocycles. The SMILES string of the molecule is c1csc(-c2noc(CN3CCC(C4OCCO4)CC3)n2)c1. The molecule has 4 heterocycles. The molecule has 2 fully saturated rings. The number of hydrogen-bond acceptors (Lipinski definition) is 7. The molecule has 2 saturated heterocycles. The smallest absolute Gasteiger partial charge is 0.241 e. The van der Waals surface area contributed by atoms with Gasteiger partial charge >= 0.3 is 0 Å². The highest BCUT2D eigenvalue weighted by Crippen LogP contribution is 2.27. The summed E-state index contributed by atoms with van der Waals surface area (Å²) in [5.74, 6) is 1.89. The first-order valence-electron chi connectivity index (χ1n) is 7.70. The van der Waals surface area contributed by atoms with Gasteiger partial charge in [-0.1, -0.05) is 11.2 Å². The highest BCUT2D eigenvalue weighted by Gasteiger charge is 2.30. The van der Waals surface area contributed by atoms with Crippen molar-refractivity contribution in [3.8, 4) is 10.7 Å². The van der Waals surface area contributed by atoms with Gasteiger partial charge in [0.25, 0.3) is 0 Å². The molecule has 6 nitrogen and oxygen atoms in total. The van der Waals surface area contributed by atoms with Crippen molar-refractivity contribution >= 4 is 11.3 Å². The van der Waals surface area contributed by atoms with E-state index >= 15 is 0 Å². The molecule has 0 unspecified atom stereocenters. The molecule has 118 valence electrons. The first kappa shape index (κ1) is 14.3. The minimum atomic E-state index is 0.0102. The van der Waals surface area contributed by atoms with Gasteiger partial charge in [0.15, 0.2) is 6.29 Å². The van der Waals surface area contributed by atoms with Crippen LogP contribution in [0.15, 0.2) is 22.0 Å². The molecule has 2 aliphatic rings. The van der Waals surface area contributed by atoms with Crippen LogP contribution in [0.2, 0.25) is 0 Å². The average molecular weight is 321 g/mol. The zero-order valence-corrected chi connectivity index (χ0v) is 13.1. The third-order valence-electron chi connectivity index (χ3n) is 4.23. The number of piperidine rings is 1. The minimum Gasteiger partial charge on any atom is -0.350 e. The molecule has 2 aromatic rings. The van der Waals surface area contributed by atoms with Crippen LogP contribution in [0.1, 0.15) is 18.7 Å². The normalized spacial score (nSPS) is 21.6. The maximum absolute atomic E-state index is 5.61. The fraction of sp³-hybridized carbons (Fsp3) is 0.600. The Bertz CT molecular complexity index is 587. The summed E-state index contributed by atoms with van der Waals surface area (Å²) < 4.78 is 16.6. The van der Waals surface area contributed by atoms with Crippen molar-refractivity contribution in [2.45, 2.75) is 25.7 Å². The van der Waals surface area contributed by atoms with Crippen molar-refractivity contribution in [2.75, 3.05) is 26.3 Å². The Morgan fingerprint density at radius 2 is 2.05 bits per heavy atom. The maximum atomic E-state index is 5.61. The predicted octanol–water partition coefficient (Wildman–Crippen LogP) is 2.38. The van der Waals surface area contributed by atoms with Gasteiger partial charge in [0.05, 0.1) is 24.6 Å².